The second-order valence-electron chi connectivity index (χ2n) is 5.24. The summed E-state index contributed by atoms with van der Waals surface area (Å²) in [5.41, 5.74) is 6.13. The van der Waals surface area contributed by atoms with Gasteiger partial charge in [0.25, 0.3) is 5.91 Å². The summed E-state index contributed by atoms with van der Waals surface area (Å²) in [5.74, 6) is 0.219. The molecule has 2 heterocycles. The molecule has 110 valence electrons. The van der Waals surface area contributed by atoms with Crippen molar-refractivity contribution in [2.45, 2.75) is 33.1 Å². The third-order valence-electron chi connectivity index (χ3n) is 3.97. The molecule has 0 radical (unpaired) electrons. The number of hydrogen-bond acceptors (Lipinski definition) is 6. The van der Waals surface area contributed by atoms with Crippen LogP contribution in [0.25, 0.3) is 0 Å². The van der Waals surface area contributed by atoms with Gasteiger partial charge in [0.1, 0.15) is 10.7 Å². The molecule has 2 rings (SSSR count). The summed E-state index contributed by atoms with van der Waals surface area (Å²) in [5, 5.41) is 15.9. The van der Waals surface area contributed by atoms with Crippen LogP contribution >= 0.6 is 11.5 Å². The summed E-state index contributed by atoms with van der Waals surface area (Å²) in [6.07, 6.45) is 2.07. The van der Waals surface area contributed by atoms with E-state index >= 15 is 0 Å². The number of carbonyl (C=O) groups excluding carboxylic acids is 1. The Labute approximate surface area is 121 Å². The van der Waals surface area contributed by atoms with Crippen molar-refractivity contribution >= 4 is 23.3 Å². The molecule has 1 amide bonds. The van der Waals surface area contributed by atoms with Gasteiger partial charge in [0, 0.05) is 18.5 Å². The molecule has 0 saturated carbocycles. The number of aryl methyl sites for hydroxylation is 1. The maximum atomic E-state index is 12.4. The Morgan fingerprint density at radius 2 is 2.20 bits per heavy atom. The molecular formula is C12H19N5O2S. The highest BCUT2D eigenvalue weighted by Gasteiger charge is 2.36. The Kier molecular flexibility index (Phi) is 4.22. The Balaban J connectivity index is 2.06. The van der Waals surface area contributed by atoms with E-state index in [0.29, 0.717) is 37.2 Å². The average molecular weight is 297 g/mol. The third kappa shape index (κ3) is 2.60. The minimum atomic E-state index is -0.342. The lowest BCUT2D eigenvalue weighted by Crippen LogP contribution is -2.47. The SMILES string of the molecule is CCc1nnsc1C(=O)N1CCC(C)(C(N)=NO)CC1. The van der Waals surface area contributed by atoms with E-state index < -0.39 is 0 Å². The molecule has 0 spiro atoms. The minimum absolute atomic E-state index is 0.0154. The largest absolute Gasteiger partial charge is 0.409 e. The Morgan fingerprint density at radius 1 is 1.55 bits per heavy atom. The van der Waals surface area contributed by atoms with Crippen molar-refractivity contribution < 1.29 is 10.0 Å². The molecule has 0 aliphatic carbocycles. The lowest BCUT2D eigenvalue weighted by atomic mass is 9.79. The first-order valence-electron chi connectivity index (χ1n) is 6.60. The van der Waals surface area contributed by atoms with Crippen molar-refractivity contribution in [2.24, 2.45) is 16.3 Å². The molecule has 0 aromatic carbocycles. The number of hydrogen-bond donors (Lipinski definition) is 2. The number of amidine groups is 1. The van der Waals surface area contributed by atoms with E-state index in [9.17, 15) is 4.79 Å². The van der Waals surface area contributed by atoms with E-state index in [1.807, 2.05) is 13.8 Å². The van der Waals surface area contributed by atoms with Crippen LogP contribution in [0.4, 0.5) is 0 Å². The van der Waals surface area contributed by atoms with Gasteiger partial charge in [-0.2, -0.15) is 0 Å². The molecule has 1 aliphatic rings. The van der Waals surface area contributed by atoms with E-state index in [1.54, 1.807) is 4.90 Å². The first-order chi connectivity index (χ1) is 9.51. The van der Waals surface area contributed by atoms with Crippen LogP contribution in [0.1, 0.15) is 42.1 Å². The topological polar surface area (TPSA) is 105 Å². The van der Waals surface area contributed by atoms with Crippen molar-refractivity contribution in [3.8, 4) is 0 Å². The number of oxime groups is 1. The van der Waals surface area contributed by atoms with Crippen LogP contribution in [0, 0.1) is 5.41 Å². The highest BCUT2D eigenvalue weighted by atomic mass is 32.1. The molecule has 1 aromatic rings. The molecule has 1 saturated heterocycles. The van der Waals surface area contributed by atoms with Gasteiger partial charge >= 0.3 is 0 Å². The normalized spacial score (nSPS) is 19.1. The quantitative estimate of drug-likeness (QED) is 0.376. The number of nitrogens with two attached hydrogens (primary N) is 1. The molecule has 0 atom stereocenters. The smallest absolute Gasteiger partial charge is 0.267 e. The first kappa shape index (κ1) is 14.7. The van der Waals surface area contributed by atoms with Crippen LogP contribution < -0.4 is 5.73 Å². The molecule has 1 aliphatic heterocycles. The van der Waals surface area contributed by atoms with Gasteiger partial charge in [0.15, 0.2) is 0 Å². The number of amides is 1. The highest BCUT2D eigenvalue weighted by molar-refractivity contribution is 7.08. The fourth-order valence-corrected chi connectivity index (χ4v) is 3.04. The molecule has 8 heteroatoms. The number of carbonyl (C=O) groups is 1. The summed E-state index contributed by atoms with van der Waals surface area (Å²) in [6.45, 7) is 5.09. The lowest BCUT2D eigenvalue weighted by Gasteiger charge is -2.38. The predicted octanol–water partition coefficient (Wildman–Crippen LogP) is 1.09. The number of aromatic nitrogens is 2. The van der Waals surface area contributed by atoms with E-state index in [-0.39, 0.29) is 17.2 Å². The zero-order chi connectivity index (χ0) is 14.8. The zero-order valence-electron chi connectivity index (χ0n) is 11.7. The van der Waals surface area contributed by atoms with Crippen molar-refractivity contribution in [2.75, 3.05) is 13.1 Å². The summed E-state index contributed by atoms with van der Waals surface area (Å²) in [6, 6.07) is 0. The number of nitrogens with zero attached hydrogens (tertiary/aromatic N) is 4. The number of likely N-dealkylation sites (tertiary alicyclic amines) is 1. The lowest BCUT2D eigenvalue weighted by molar-refractivity contribution is 0.0670. The molecule has 0 bridgehead atoms. The van der Waals surface area contributed by atoms with Gasteiger partial charge in [-0.15, -0.1) is 5.10 Å². The van der Waals surface area contributed by atoms with Crippen LogP contribution in [-0.4, -0.2) is 44.5 Å². The van der Waals surface area contributed by atoms with Crippen molar-refractivity contribution in [3.05, 3.63) is 10.6 Å². The summed E-state index contributed by atoms with van der Waals surface area (Å²) < 4.78 is 3.85. The average Bonchev–Trinajstić information content (AvgIpc) is 2.94. The van der Waals surface area contributed by atoms with Crippen LogP contribution in [0.5, 0.6) is 0 Å². The number of rotatable bonds is 3. The maximum Gasteiger partial charge on any atom is 0.267 e. The van der Waals surface area contributed by atoms with Gasteiger partial charge in [-0.05, 0) is 30.8 Å². The van der Waals surface area contributed by atoms with Gasteiger partial charge in [-0.25, -0.2) is 0 Å². The Hall–Kier alpha value is -1.70. The van der Waals surface area contributed by atoms with Gasteiger partial charge in [-0.1, -0.05) is 23.5 Å². The molecule has 1 aromatic heterocycles. The molecule has 20 heavy (non-hydrogen) atoms. The monoisotopic (exact) mass is 297 g/mol. The summed E-state index contributed by atoms with van der Waals surface area (Å²) >= 11 is 1.15. The van der Waals surface area contributed by atoms with Crippen LogP contribution in [0.3, 0.4) is 0 Å². The highest BCUT2D eigenvalue weighted by Crippen LogP contribution is 2.32. The minimum Gasteiger partial charge on any atom is -0.409 e. The van der Waals surface area contributed by atoms with Gasteiger partial charge in [0.05, 0.1) is 5.69 Å². The first-order valence-corrected chi connectivity index (χ1v) is 7.37. The third-order valence-corrected chi connectivity index (χ3v) is 4.72. The molecule has 0 unspecified atom stereocenters. The molecular weight excluding hydrogens is 278 g/mol. The van der Waals surface area contributed by atoms with Crippen molar-refractivity contribution in [1.82, 2.24) is 14.5 Å². The second kappa shape index (κ2) is 5.74. The second-order valence-corrected chi connectivity index (χ2v) is 5.99. The molecule has 1 fully saturated rings. The van der Waals surface area contributed by atoms with Crippen LogP contribution in [0.15, 0.2) is 5.16 Å². The van der Waals surface area contributed by atoms with Gasteiger partial charge in [-0.3, -0.25) is 4.79 Å². The predicted molar refractivity (Wildman–Crippen MR) is 75.9 cm³/mol. The maximum absolute atomic E-state index is 12.4. The van der Waals surface area contributed by atoms with Crippen molar-refractivity contribution in [1.29, 1.82) is 0 Å². The van der Waals surface area contributed by atoms with Crippen LogP contribution in [-0.2, 0) is 6.42 Å². The Bertz CT molecular complexity index is 520. The van der Waals surface area contributed by atoms with Crippen LogP contribution in [0.2, 0.25) is 0 Å². The molecule has 3 N–H and O–H groups in total. The fraction of sp³-hybridized carbons (Fsp3) is 0.667. The Morgan fingerprint density at radius 3 is 2.75 bits per heavy atom. The number of piperidine rings is 1. The van der Waals surface area contributed by atoms with E-state index in [1.165, 1.54) is 0 Å². The standard InChI is InChI=1S/C12H19N5O2S/c1-3-8-9(20-16-14-8)10(18)17-6-4-12(2,5-7-17)11(13)15-19/h19H,3-7H2,1-2H3,(H2,13,15). The van der Waals surface area contributed by atoms with Gasteiger partial charge < -0.3 is 15.8 Å². The van der Waals surface area contributed by atoms with Gasteiger partial charge in [0.2, 0.25) is 0 Å². The van der Waals surface area contributed by atoms with E-state index in [4.69, 9.17) is 10.9 Å². The van der Waals surface area contributed by atoms with E-state index in [0.717, 1.165) is 17.2 Å². The fourth-order valence-electron chi connectivity index (χ4n) is 2.33. The van der Waals surface area contributed by atoms with E-state index in [2.05, 4.69) is 14.7 Å². The summed E-state index contributed by atoms with van der Waals surface area (Å²) in [4.78, 5) is 14.9. The van der Waals surface area contributed by atoms with Crippen molar-refractivity contribution in [3.63, 3.8) is 0 Å². The summed E-state index contributed by atoms with van der Waals surface area (Å²) in [7, 11) is 0. The zero-order valence-corrected chi connectivity index (χ0v) is 12.5. The molecule has 7 nitrogen and oxygen atoms in total.